The zero-order chi connectivity index (χ0) is 16.2. The van der Waals surface area contributed by atoms with Gasteiger partial charge in [0.15, 0.2) is 0 Å². The monoisotopic (exact) mass is 305 g/mol. The Balaban J connectivity index is 1.79. The number of hydrogen-bond acceptors (Lipinski definition) is 4. The zero-order valence-electron chi connectivity index (χ0n) is 12.8. The molecule has 2 heterocycles. The van der Waals surface area contributed by atoms with Crippen molar-refractivity contribution in [2.75, 3.05) is 18.0 Å². The molecule has 1 aliphatic heterocycles. The summed E-state index contributed by atoms with van der Waals surface area (Å²) in [5.41, 5.74) is 1.91. The van der Waals surface area contributed by atoms with Crippen LogP contribution in [0.15, 0.2) is 34.5 Å². The summed E-state index contributed by atoms with van der Waals surface area (Å²) in [6.45, 7) is 16.3. The van der Waals surface area contributed by atoms with E-state index in [1.165, 1.54) is 23.1 Å². The van der Waals surface area contributed by atoms with Crippen LogP contribution in [0.25, 0.3) is 9.69 Å². The van der Waals surface area contributed by atoms with E-state index in [0.717, 1.165) is 13.1 Å². The summed E-state index contributed by atoms with van der Waals surface area (Å²) >= 11 is 0. The number of hydrogen-bond donors (Lipinski definition) is 0. The normalized spacial score (nSPS) is 14.1. The molecule has 0 aliphatic carbocycles. The van der Waals surface area contributed by atoms with Crippen molar-refractivity contribution in [2.24, 2.45) is 17.3 Å². The summed E-state index contributed by atoms with van der Waals surface area (Å²) < 4.78 is 1.47. The molecular formula is C16H15N7. The molecule has 0 spiro atoms. The molecule has 114 valence electrons. The lowest BCUT2D eigenvalue weighted by atomic mass is 10.2. The van der Waals surface area contributed by atoms with Crippen LogP contribution < -0.4 is 4.90 Å². The smallest absolute Gasteiger partial charge is 0.373 e. The quantitative estimate of drug-likeness (QED) is 0.617. The first-order valence-electron chi connectivity index (χ1n) is 7.31. The average Bonchev–Trinajstić information content (AvgIpc) is 3.21. The van der Waals surface area contributed by atoms with Crippen molar-refractivity contribution in [3.8, 4) is 0 Å². The van der Waals surface area contributed by atoms with E-state index < -0.39 is 0 Å². The highest BCUT2D eigenvalue weighted by molar-refractivity contribution is 5.66. The molecule has 0 amide bonds. The third-order valence-electron chi connectivity index (χ3n) is 3.81. The van der Waals surface area contributed by atoms with Crippen LogP contribution in [-0.4, -0.2) is 22.6 Å². The summed E-state index contributed by atoms with van der Waals surface area (Å²) in [5.74, 6) is 0.491. The molecule has 0 N–H and O–H groups in total. The van der Waals surface area contributed by atoms with Crippen LogP contribution >= 0.6 is 0 Å². The van der Waals surface area contributed by atoms with Gasteiger partial charge in [-0.3, -0.25) is 0 Å². The molecule has 7 nitrogen and oxygen atoms in total. The van der Waals surface area contributed by atoms with Crippen molar-refractivity contribution in [3.05, 3.63) is 47.1 Å². The summed E-state index contributed by atoms with van der Waals surface area (Å²) in [5, 5.41) is 8.20. The van der Waals surface area contributed by atoms with Crippen LogP contribution in [0, 0.1) is 13.1 Å². The largest absolute Gasteiger partial charge is 0.416 e. The van der Waals surface area contributed by atoms with Crippen molar-refractivity contribution in [2.45, 2.75) is 12.8 Å². The number of imidazole rings is 1. The van der Waals surface area contributed by atoms with E-state index in [0.29, 0.717) is 5.69 Å². The highest BCUT2D eigenvalue weighted by Crippen LogP contribution is 2.32. The van der Waals surface area contributed by atoms with Crippen molar-refractivity contribution in [3.63, 3.8) is 0 Å². The SMILES string of the molecule is [C-]#[N+]c1nc(N=Nc2ccc(N3CCCC3)cc2)n(C)c1[N+]#[C-]. The van der Waals surface area contributed by atoms with Gasteiger partial charge in [0.2, 0.25) is 0 Å². The maximum absolute atomic E-state index is 7.09. The fourth-order valence-corrected chi connectivity index (χ4v) is 2.56. The Hall–Kier alpha value is -3.19. The molecule has 7 heteroatoms. The summed E-state index contributed by atoms with van der Waals surface area (Å²) in [6, 6.07) is 7.89. The van der Waals surface area contributed by atoms with Gasteiger partial charge in [-0.1, -0.05) is 23.2 Å². The fourth-order valence-electron chi connectivity index (χ4n) is 2.56. The fraction of sp³-hybridized carbons (Fsp3) is 0.312. The highest BCUT2D eigenvalue weighted by Gasteiger charge is 2.18. The molecule has 1 aliphatic rings. The van der Waals surface area contributed by atoms with Gasteiger partial charge in [0.1, 0.15) is 0 Å². The van der Waals surface area contributed by atoms with Gasteiger partial charge < -0.3 is 14.6 Å². The zero-order valence-corrected chi connectivity index (χ0v) is 12.8. The van der Waals surface area contributed by atoms with Gasteiger partial charge in [0, 0.05) is 18.8 Å². The first-order valence-corrected chi connectivity index (χ1v) is 7.31. The topological polar surface area (TPSA) is 54.5 Å². The summed E-state index contributed by atoms with van der Waals surface area (Å²) in [6.07, 6.45) is 2.49. The van der Waals surface area contributed by atoms with E-state index in [1.807, 2.05) is 24.3 Å². The molecule has 0 unspecified atom stereocenters. The Kier molecular flexibility index (Phi) is 4.03. The molecule has 1 aromatic carbocycles. The van der Waals surface area contributed by atoms with Crippen LogP contribution in [0.2, 0.25) is 0 Å². The van der Waals surface area contributed by atoms with E-state index in [-0.39, 0.29) is 17.6 Å². The molecule has 0 atom stereocenters. The van der Waals surface area contributed by atoms with E-state index >= 15 is 0 Å². The van der Waals surface area contributed by atoms with Crippen molar-refractivity contribution in [1.82, 2.24) is 9.55 Å². The first kappa shape index (κ1) is 14.7. The molecule has 2 aromatic rings. The van der Waals surface area contributed by atoms with E-state index in [9.17, 15) is 0 Å². The Morgan fingerprint density at radius 3 is 2.30 bits per heavy atom. The third-order valence-corrected chi connectivity index (χ3v) is 3.81. The van der Waals surface area contributed by atoms with Crippen LogP contribution in [0.4, 0.5) is 29.0 Å². The molecule has 0 bridgehead atoms. The Bertz CT molecular complexity index is 812. The van der Waals surface area contributed by atoms with Crippen LogP contribution in [0.3, 0.4) is 0 Å². The second-order valence-electron chi connectivity index (χ2n) is 5.25. The van der Waals surface area contributed by atoms with Gasteiger partial charge in [-0.25, -0.2) is 4.57 Å². The van der Waals surface area contributed by atoms with E-state index in [4.69, 9.17) is 13.1 Å². The predicted molar refractivity (Wildman–Crippen MR) is 87.8 cm³/mol. The second kappa shape index (κ2) is 6.29. The number of benzene rings is 1. The molecular weight excluding hydrogens is 290 g/mol. The maximum atomic E-state index is 7.09. The van der Waals surface area contributed by atoms with Gasteiger partial charge in [0.25, 0.3) is 11.6 Å². The maximum Gasteiger partial charge on any atom is 0.416 e. The minimum atomic E-state index is 0.0563. The number of rotatable bonds is 3. The number of azo groups is 1. The van der Waals surface area contributed by atoms with Crippen molar-refractivity contribution in [1.29, 1.82) is 0 Å². The van der Waals surface area contributed by atoms with Crippen LogP contribution in [-0.2, 0) is 7.05 Å². The summed E-state index contributed by atoms with van der Waals surface area (Å²) in [4.78, 5) is 12.9. The number of anilines is 1. The Morgan fingerprint density at radius 1 is 1.04 bits per heavy atom. The van der Waals surface area contributed by atoms with Gasteiger partial charge in [-0.2, -0.15) is 0 Å². The van der Waals surface area contributed by atoms with Crippen molar-refractivity contribution < 1.29 is 0 Å². The van der Waals surface area contributed by atoms with Crippen molar-refractivity contribution >= 4 is 29.0 Å². The molecule has 1 fully saturated rings. The van der Waals surface area contributed by atoms with Gasteiger partial charge in [-0.15, -0.1) is 5.11 Å². The molecule has 23 heavy (non-hydrogen) atoms. The second-order valence-corrected chi connectivity index (χ2v) is 5.25. The predicted octanol–water partition coefficient (Wildman–Crippen LogP) is 4.54. The number of aromatic nitrogens is 2. The van der Waals surface area contributed by atoms with Gasteiger partial charge in [-0.05, 0) is 37.1 Å². The Labute approximate surface area is 134 Å². The van der Waals surface area contributed by atoms with E-state index in [1.54, 1.807) is 7.05 Å². The van der Waals surface area contributed by atoms with E-state index in [2.05, 4.69) is 29.8 Å². The lowest BCUT2D eigenvalue weighted by molar-refractivity contribution is 0.907. The summed E-state index contributed by atoms with van der Waals surface area (Å²) in [7, 11) is 1.65. The van der Waals surface area contributed by atoms with Crippen LogP contribution in [0.5, 0.6) is 0 Å². The van der Waals surface area contributed by atoms with Gasteiger partial charge >= 0.3 is 5.95 Å². The molecule has 1 saturated heterocycles. The minimum absolute atomic E-state index is 0.0563. The molecule has 0 saturated carbocycles. The standard InChI is InChI=1S/C16H15N7/c1-17-14-15(18-2)22(3)16(19-14)21-20-12-6-8-13(9-7-12)23-10-4-5-11-23/h6-9H,4-5,10-11H2,3H3. The number of nitrogens with zero attached hydrogens (tertiary/aromatic N) is 7. The molecule has 0 radical (unpaired) electrons. The molecule has 1 aromatic heterocycles. The average molecular weight is 305 g/mol. The molecule has 3 rings (SSSR count). The van der Waals surface area contributed by atoms with Crippen LogP contribution in [0.1, 0.15) is 12.8 Å². The first-order chi connectivity index (χ1) is 11.2. The minimum Gasteiger partial charge on any atom is -0.373 e. The highest BCUT2D eigenvalue weighted by atomic mass is 15.3. The lowest BCUT2D eigenvalue weighted by Crippen LogP contribution is -2.17. The van der Waals surface area contributed by atoms with Gasteiger partial charge in [0.05, 0.1) is 12.7 Å². The third kappa shape index (κ3) is 2.90. The Morgan fingerprint density at radius 2 is 1.74 bits per heavy atom. The lowest BCUT2D eigenvalue weighted by Gasteiger charge is -2.17.